The normalized spacial score (nSPS) is 15.3. The van der Waals surface area contributed by atoms with Crippen molar-refractivity contribution in [1.82, 2.24) is 14.4 Å². The third-order valence-electron chi connectivity index (χ3n) is 4.33. The van der Waals surface area contributed by atoms with E-state index >= 15 is 0 Å². The maximum atomic E-state index is 13.1. The first-order chi connectivity index (χ1) is 12.3. The number of aryl methyl sites for hydroxylation is 1. The Balaban J connectivity index is 2.03. The molecule has 140 valence electrons. The van der Waals surface area contributed by atoms with E-state index in [1.807, 2.05) is 32.6 Å². The average molecular weight is 377 g/mol. The fourth-order valence-electron chi connectivity index (χ4n) is 2.90. The van der Waals surface area contributed by atoms with E-state index in [4.69, 9.17) is 4.52 Å². The summed E-state index contributed by atoms with van der Waals surface area (Å²) in [5, 5.41) is 11.2. The van der Waals surface area contributed by atoms with Crippen LogP contribution in [0.4, 0.5) is 10.7 Å². The molecule has 0 aromatic carbocycles. The first-order valence-corrected chi connectivity index (χ1v) is 9.51. The summed E-state index contributed by atoms with van der Waals surface area (Å²) >= 11 is 1.13. The molecule has 0 unspecified atom stereocenters. The Morgan fingerprint density at radius 2 is 2.00 bits per heavy atom. The molecule has 1 saturated heterocycles. The van der Waals surface area contributed by atoms with Gasteiger partial charge in [-0.25, -0.2) is 9.95 Å². The van der Waals surface area contributed by atoms with Crippen LogP contribution in [0.2, 0.25) is 0 Å². The number of nitrogens with zero attached hydrogens (tertiary/aromatic N) is 4. The first-order valence-electron chi connectivity index (χ1n) is 8.74. The van der Waals surface area contributed by atoms with E-state index in [-0.39, 0.29) is 17.0 Å². The number of aromatic nitrogens is 2. The van der Waals surface area contributed by atoms with Gasteiger partial charge in [0, 0.05) is 18.5 Å². The SMILES string of the molecule is CCc1[nH]oc(=O)c1N=Nc1snc(C(C)(C)C)c1C(=O)N1CCCC1. The van der Waals surface area contributed by atoms with Gasteiger partial charge >= 0.3 is 5.63 Å². The van der Waals surface area contributed by atoms with Crippen LogP contribution < -0.4 is 5.63 Å². The molecule has 1 amide bonds. The minimum absolute atomic E-state index is 0.0630. The number of rotatable bonds is 4. The van der Waals surface area contributed by atoms with Crippen molar-refractivity contribution in [2.75, 3.05) is 13.1 Å². The molecular formula is C17H23N5O3S. The van der Waals surface area contributed by atoms with Crippen molar-refractivity contribution >= 4 is 28.1 Å². The highest BCUT2D eigenvalue weighted by molar-refractivity contribution is 7.10. The minimum atomic E-state index is -0.571. The standard InChI is InChI=1S/C17H23N5O3S/c1-5-10-12(16(24)25-20-10)18-19-14-11(13(21-26-14)17(2,3)4)15(23)22-8-6-7-9-22/h20H,5-9H2,1-4H3. The summed E-state index contributed by atoms with van der Waals surface area (Å²) < 4.78 is 9.25. The van der Waals surface area contributed by atoms with Crippen molar-refractivity contribution in [1.29, 1.82) is 0 Å². The Morgan fingerprint density at radius 3 is 2.62 bits per heavy atom. The largest absolute Gasteiger partial charge is 0.384 e. The molecule has 0 spiro atoms. The second-order valence-electron chi connectivity index (χ2n) is 7.33. The molecule has 1 aliphatic heterocycles. The number of carbonyl (C=O) groups excluding carboxylic acids is 1. The Labute approximate surface area is 155 Å². The van der Waals surface area contributed by atoms with Crippen LogP contribution in [-0.2, 0) is 11.8 Å². The molecule has 2 aromatic rings. The van der Waals surface area contributed by atoms with Gasteiger partial charge in [0.05, 0.1) is 11.4 Å². The number of nitrogens with one attached hydrogen (secondary N) is 1. The predicted octanol–water partition coefficient (Wildman–Crippen LogP) is 3.94. The molecule has 0 bridgehead atoms. The van der Waals surface area contributed by atoms with E-state index in [0.29, 0.717) is 28.4 Å². The molecule has 9 heteroatoms. The van der Waals surface area contributed by atoms with Crippen molar-refractivity contribution in [3.8, 4) is 0 Å². The van der Waals surface area contributed by atoms with E-state index in [1.165, 1.54) is 0 Å². The molecule has 0 aliphatic carbocycles. The summed E-state index contributed by atoms with van der Waals surface area (Å²) in [6.45, 7) is 9.41. The number of amides is 1. The molecule has 1 N–H and O–H groups in total. The fraction of sp³-hybridized carbons (Fsp3) is 0.588. The van der Waals surface area contributed by atoms with Gasteiger partial charge in [0.1, 0.15) is 5.56 Å². The lowest BCUT2D eigenvalue weighted by atomic mass is 9.89. The monoisotopic (exact) mass is 377 g/mol. The predicted molar refractivity (Wildman–Crippen MR) is 98.8 cm³/mol. The third kappa shape index (κ3) is 3.48. The molecule has 1 fully saturated rings. The van der Waals surface area contributed by atoms with Gasteiger partial charge in [-0.3, -0.25) is 4.79 Å². The van der Waals surface area contributed by atoms with Crippen LogP contribution in [0.15, 0.2) is 19.5 Å². The highest BCUT2D eigenvalue weighted by Crippen LogP contribution is 2.37. The number of carbonyl (C=O) groups is 1. The number of hydrogen-bond donors (Lipinski definition) is 1. The van der Waals surface area contributed by atoms with Crippen molar-refractivity contribution in [3.63, 3.8) is 0 Å². The number of aromatic amines is 1. The number of azo groups is 1. The van der Waals surface area contributed by atoms with Gasteiger partial charge < -0.3 is 9.42 Å². The maximum Gasteiger partial charge on any atom is 0.384 e. The zero-order chi connectivity index (χ0) is 18.9. The van der Waals surface area contributed by atoms with Gasteiger partial charge in [-0.05, 0) is 30.8 Å². The maximum absolute atomic E-state index is 13.1. The fourth-order valence-corrected chi connectivity index (χ4v) is 3.79. The molecule has 1 aliphatic rings. The van der Waals surface area contributed by atoms with Crippen LogP contribution in [0.3, 0.4) is 0 Å². The smallest absolute Gasteiger partial charge is 0.338 e. The molecule has 3 rings (SSSR count). The zero-order valence-corrected chi connectivity index (χ0v) is 16.3. The van der Waals surface area contributed by atoms with Gasteiger partial charge in [-0.2, -0.15) is 4.37 Å². The van der Waals surface area contributed by atoms with Crippen LogP contribution in [-0.4, -0.2) is 33.4 Å². The lowest BCUT2D eigenvalue weighted by Crippen LogP contribution is -2.30. The first kappa shape index (κ1) is 18.5. The summed E-state index contributed by atoms with van der Waals surface area (Å²) in [6.07, 6.45) is 2.58. The summed E-state index contributed by atoms with van der Waals surface area (Å²) in [4.78, 5) is 26.7. The second-order valence-corrected chi connectivity index (χ2v) is 8.08. The van der Waals surface area contributed by atoms with Crippen LogP contribution in [0, 0.1) is 0 Å². The van der Waals surface area contributed by atoms with E-state index in [0.717, 1.165) is 37.5 Å². The molecule has 8 nitrogen and oxygen atoms in total. The topological polar surface area (TPSA) is 104 Å². The van der Waals surface area contributed by atoms with Gasteiger partial charge in [-0.1, -0.05) is 27.7 Å². The summed E-state index contributed by atoms with van der Waals surface area (Å²) in [7, 11) is 0. The number of likely N-dealkylation sites (tertiary alicyclic amines) is 1. The van der Waals surface area contributed by atoms with E-state index in [9.17, 15) is 9.59 Å². The number of H-pyrrole nitrogens is 1. The Bertz CT molecular complexity index is 881. The van der Waals surface area contributed by atoms with Crippen molar-refractivity contribution in [2.24, 2.45) is 10.2 Å². The average Bonchev–Trinajstić information content (AvgIpc) is 3.31. The molecule has 0 saturated carbocycles. The van der Waals surface area contributed by atoms with Crippen molar-refractivity contribution < 1.29 is 9.32 Å². The highest BCUT2D eigenvalue weighted by atomic mass is 32.1. The van der Waals surface area contributed by atoms with Crippen molar-refractivity contribution in [3.05, 3.63) is 27.4 Å². The van der Waals surface area contributed by atoms with Gasteiger partial charge in [0.15, 0.2) is 10.7 Å². The lowest BCUT2D eigenvalue weighted by molar-refractivity contribution is 0.0791. The summed E-state index contributed by atoms with van der Waals surface area (Å²) in [5.41, 5.74) is 1.05. The summed E-state index contributed by atoms with van der Waals surface area (Å²) in [5.74, 6) is -0.0630. The lowest BCUT2D eigenvalue weighted by Gasteiger charge is -2.20. The van der Waals surface area contributed by atoms with Gasteiger partial charge in [0.25, 0.3) is 5.91 Å². The Morgan fingerprint density at radius 1 is 1.31 bits per heavy atom. The molecule has 0 radical (unpaired) electrons. The minimum Gasteiger partial charge on any atom is -0.338 e. The van der Waals surface area contributed by atoms with E-state index < -0.39 is 5.63 Å². The van der Waals surface area contributed by atoms with Gasteiger partial charge in [0.2, 0.25) is 0 Å². The number of hydrogen-bond acceptors (Lipinski definition) is 7. The van der Waals surface area contributed by atoms with Crippen molar-refractivity contribution in [2.45, 2.75) is 52.4 Å². The van der Waals surface area contributed by atoms with E-state index in [2.05, 4.69) is 19.8 Å². The zero-order valence-electron chi connectivity index (χ0n) is 15.5. The second kappa shape index (κ2) is 7.14. The van der Waals surface area contributed by atoms with Crippen LogP contribution in [0.5, 0.6) is 0 Å². The van der Waals surface area contributed by atoms with E-state index in [1.54, 1.807) is 0 Å². The Hall–Kier alpha value is -2.29. The summed E-state index contributed by atoms with van der Waals surface area (Å²) in [6, 6.07) is 0. The molecular weight excluding hydrogens is 354 g/mol. The van der Waals surface area contributed by atoms with Crippen LogP contribution >= 0.6 is 11.5 Å². The molecule has 3 heterocycles. The Kier molecular flexibility index (Phi) is 5.08. The van der Waals surface area contributed by atoms with Crippen LogP contribution in [0.1, 0.15) is 62.3 Å². The van der Waals surface area contributed by atoms with Gasteiger partial charge in [-0.15, -0.1) is 10.2 Å². The molecule has 0 atom stereocenters. The molecule has 26 heavy (non-hydrogen) atoms. The highest BCUT2D eigenvalue weighted by Gasteiger charge is 2.32. The third-order valence-corrected chi connectivity index (χ3v) is 5.06. The molecule has 2 aromatic heterocycles. The van der Waals surface area contributed by atoms with Crippen LogP contribution in [0.25, 0.3) is 0 Å². The quantitative estimate of drug-likeness (QED) is 0.815.